The molecule has 0 amide bonds. The summed E-state index contributed by atoms with van der Waals surface area (Å²) < 4.78 is 222. The number of hydrogen-bond acceptors (Lipinski definition) is 28. The van der Waals surface area contributed by atoms with Crippen LogP contribution in [-0.2, 0) is 60.7 Å². The Bertz CT molecular complexity index is 5110. The summed E-state index contributed by atoms with van der Waals surface area (Å²) in [5, 5.41) is 63.8. The number of nitrogens with zero attached hydrogens (tertiary/aromatic N) is 4. The Morgan fingerprint density at radius 1 is 0.293 bits per heavy atom. The number of anilines is 4. The zero-order chi connectivity index (χ0) is 62.4. The van der Waals surface area contributed by atoms with Gasteiger partial charge in [-0.15, -0.1) is 20.5 Å². The molecule has 0 aromatic heterocycles. The Balaban J connectivity index is 0.00000301. The number of phenols is 4. The predicted molar refractivity (Wildman–Crippen MR) is 297 cm³/mol. The van der Waals surface area contributed by atoms with Crippen LogP contribution in [0.15, 0.2) is 195 Å². The first-order valence-electron chi connectivity index (χ1n) is 23.6. The van der Waals surface area contributed by atoms with E-state index in [2.05, 4.69) is 31.1 Å². The molecular formula is C52H30N6Na6O22S6. The largest absolute Gasteiger partial charge is 1.00 e. The summed E-state index contributed by atoms with van der Waals surface area (Å²) in [6.07, 6.45) is 0. The molecular weight excluding hydrogens is 1390 g/mol. The molecule has 0 heterocycles. The van der Waals surface area contributed by atoms with Crippen LogP contribution in [0.3, 0.4) is 0 Å². The number of azo groups is 2. The van der Waals surface area contributed by atoms with E-state index in [0.29, 0.717) is 12.1 Å². The van der Waals surface area contributed by atoms with E-state index in [1.54, 1.807) is 0 Å². The minimum absolute atomic E-state index is 0. The van der Waals surface area contributed by atoms with Crippen LogP contribution in [0.1, 0.15) is 0 Å². The normalized spacial score (nSPS) is 12.1. The molecule has 0 saturated heterocycles. The summed E-state index contributed by atoms with van der Waals surface area (Å²) in [5.74, 6) is -2.94. The van der Waals surface area contributed by atoms with E-state index in [0.717, 1.165) is 60.7 Å². The van der Waals surface area contributed by atoms with Gasteiger partial charge in [-0.25, -0.2) is 50.5 Å². The second-order valence-corrected chi connectivity index (χ2v) is 26.7. The van der Waals surface area contributed by atoms with Gasteiger partial charge < -0.3 is 58.4 Å². The van der Waals surface area contributed by atoms with E-state index in [1.165, 1.54) is 72.8 Å². The number of aromatic hydroxyl groups is 4. The number of fused-ring (bicyclic) bond motifs is 4. The van der Waals surface area contributed by atoms with Crippen molar-refractivity contribution in [3.8, 4) is 34.1 Å². The molecule has 92 heavy (non-hydrogen) atoms. The van der Waals surface area contributed by atoms with Gasteiger partial charge in [0.1, 0.15) is 95.0 Å². The maximum atomic E-state index is 12.7. The molecule has 10 aromatic rings. The van der Waals surface area contributed by atoms with E-state index in [9.17, 15) is 98.2 Å². The first kappa shape index (κ1) is 81.1. The maximum Gasteiger partial charge on any atom is 1.00 e. The first-order valence-corrected chi connectivity index (χ1v) is 32.0. The molecule has 0 aliphatic carbocycles. The summed E-state index contributed by atoms with van der Waals surface area (Å²) in [4.78, 5) is -6.18. The van der Waals surface area contributed by atoms with Gasteiger partial charge in [0.15, 0.2) is 11.5 Å². The third-order valence-corrected chi connectivity index (χ3v) is 18.0. The molecule has 0 fully saturated rings. The maximum absolute atomic E-state index is 12.7. The zero-order valence-electron chi connectivity index (χ0n) is 48.2. The topological polar surface area (TPSA) is 498 Å². The van der Waals surface area contributed by atoms with Crippen molar-refractivity contribution in [3.05, 3.63) is 146 Å². The molecule has 0 unspecified atom stereocenters. The summed E-state index contributed by atoms with van der Waals surface area (Å²) in [7, 11) is -32.3. The van der Waals surface area contributed by atoms with Gasteiger partial charge in [0, 0.05) is 44.3 Å². The number of rotatable bonds is 15. The fourth-order valence-electron chi connectivity index (χ4n) is 9.02. The van der Waals surface area contributed by atoms with Crippen LogP contribution >= 0.6 is 0 Å². The molecule has 6 N–H and O–H groups in total. The van der Waals surface area contributed by atoms with Crippen molar-refractivity contribution < 1.29 is 276 Å². The van der Waals surface area contributed by atoms with Gasteiger partial charge >= 0.3 is 177 Å². The van der Waals surface area contributed by atoms with Gasteiger partial charge in [-0.1, -0.05) is 12.1 Å². The van der Waals surface area contributed by atoms with Gasteiger partial charge in [-0.2, -0.15) is 0 Å². The van der Waals surface area contributed by atoms with Crippen LogP contribution in [0, 0.1) is 0 Å². The minimum atomic E-state index is -5.61. The van der Waals surface area contributed by atoms with Crippen molar-refractivity contribution in [1.82, 2.24) is 0 Å². The minimum Gasteiger partial charge on any atom is -0.744 e. The average Bonchev–Trinajstić information content (AvgIpc) is 0.790. The molecule has 40 heteroatoms. The molecule has 0 atom stereocenters. The molecule has 28 nitrogen and oxygen atoms in total. The van der Waals surface area contributed by atoms with Crippen molar-refractivity contribution in [2.24, 2.45) is 20.5 Å². The molecule has 0 saturated carbocycles. The second kappa shape index (κ2) is 30.6. The van der Waals surface area contributed by atoms with E-state index < -0.39 is 136 Å². The summed E-state index contributed by atoms with van der Waals surface area (Å²) in [5.41, 5.74) is -3.38. The predicted octanol–water partition coefficient (Wildman–Crippen LogP) is -9.44. The monoisotopic (exact) mass is 1420 g/mol. The third-order valence-electron chi connectivity index (χ3n) is 12.9. The van der Waals surface area contributed by atoms with Crippen LogP contribution < -0.4 is 188 Å². The number of hydrogen-bond donors (Lipinski definition) is 6. The van der Waals surface area contributed by atoms with E-state index in [4.69, 9.17) is 0 Å². The Hall–Kier alpha value is -3.30. The van der Waals surface area contributed by atoms with Gasteiger partial charge in [-0.3, -0.25) is 0 Å². The number of phenolic OH excluding ortho intramolecular Hbond substituents is 4. The molecule has 0 aliphatic rings. The Kier molecular flexibility index (Phi) is 27.0. The van der Waals surface area contributed by atoms with Crippen molar-refractivity contribution in [2.75, 3.05) is 10.6 Å². The van der Waals surface area contributed by atoms with Crippen LogP contribution in [0.2, 0.25) is 0 Å². The van der Waals surface area contributed by atoms with Crippen LogP contribution in [0.5, 0.6) is 23.0 Å². The first-order chi connectivity index (χ1) is 40.0. The average molecular weight is 1420 g/mol. The van der Waals surface area contributed by atoms with Gasteiger partial charge in [-0.05, 0) is 166 Å². The van der Waals surface area contributed by atoms with Crippen LogP contribution in [-0.4, -0.2) is 98.2 Å². The van der Waals surface area contributed by atoms with Gasteiger partial charge in [0.2, 0.25) is 0 Å². The number of nitrogens with one attached hydrogen (secondary N) is 2. The van der Waals surface area contributed by atoms with Crippen molar-refractivity contribution in [2.45, 2.75) is 29.4 Å². The van der Waals surface area contributed by atoms with Crippen molar-refractivity contribution in [1.29, 1.82) is 0 Å². The molecule has 0 radical (unpaired) electrons. The number of benzene rings is 10. The standard InChI is InChI=1S/C52H36N6O22S6.6Na/c59-43-23-35(81(63,64)65)17-27-13-31(3-7-37(27)43)53-33-5-9-39-29(15-33)21-47(85(75,76)77)49(51(39)61)57-55-41-11-1-25(19-45(41)83(69,70)71)26-2-12-42(46(20-26)84(72,73)74)56-58-50-48(86(78,79)80)22-30-16-34(6-10-40(30)52(50)62)54-32-4-8-38-28(14-32)18-36(24-44(38)60)82(66,67)68;;;;;;/h1-24,53-54,59-62H,(H,63,64,65)(H,66,67,68)(H,69,70,71)(H,72,73,74)(H,75,76,77)(H,78,79,80);;;;;;/q;6*+1/p-6. The van der Waals surface area contributed by atoms with E-state index >= 15 is 0 Å². The summed E-state index contributed by atoms with van der Waals surface area (Å²) >= 11 is 0. The van der Waals surface area contributed by atoms with Crippen molar-refractivity contribution >= 4 is 149 Å². The smallest absolute Gasteiger partial charge is 0.744 e. The van der Waals surface area contributed by atoms with Crippen LogP contribution in [0.25, 0.3) is 54.2 Å². The summed E-state index contributed by atoms with van der Waals surface area (Å²) in [6.45, 7) is 0. The molecule has 442 valence electrons. The quantitative estimate of drug-likeness (QED) is 0.0315. The molecule has 0 spiro atoms. The molecule has 10 aromatic carbocycles. The summed E-state index contributed by atoms with van der Waals surface area (Å²) in [6, 6.07) is 26.4. The van der Waals surface area contributed by atoms with Gasteiger partial charge in [0.25, 0.3) is 0 Å². The Morgan fingerprint density at radius 2 is 0.576 bits per heavy atom. The fraction of sp³-hybridized carbons (Fsp3) is 0. The molecule has 0 bridgehead atoms. The third kappa shape index (κ3) is 17.9. The SMILES string of the molecule is O=S(=O)([O-])c1cc(O)c2ccc(Nc3ccc4c(O)c(N=Nc5ccc(-c6ccc(N=Nc7c(S(=O)(=O)[O-])cc8cc(Nc9ccc%10c(O)cc(S(=O)(=O)[O-])cc%10c9)ccc8c7O)c(S(=O)(=O)[O-])c6)cc5S(=O)(=O)[O-])c(S(=O)(=O)[O-])cc4c3)cc2c1.[Na+].[Na+].[Na+].[Na+].[Na+].[Na+]. The molecule has 0 aliphatic heterocycles. The fourth-order valence-corrected chi connectivity index (χ4v) is 12.6. The second-order valence-electron chi connectivity index (χ2n) is 18.5. The van der Waals surface area contributed by atoms with E-state index in [-0.39, 0.29) is 254 Å². The van der Waals surface area contributed by atoms with Gasteiger partial charge in [0.05, 0.1) is 29.4 Å². The van der Waals surface area contributed by atoms with Crippen LogP contribution in [0.4, 0.5) is 45.5 Å². The van der Waals surface area contributed by atoms with Crippen molar-refractivity contribution in [3.63, 3.8) is 0 Å². The Labute approximate surface area is 655 Å². The zero-order valence-corrected chi connectivity index (χ0v) is 65.1. The Morgan fingerprint density at radius 3 is 0.859 bits per heavy atom. The van der Waals surface area contributed by atoms with E-state index in [1.807, 2.05) is 0 Å². The molecule has 10 rings (SSSR count).